The minimum Gasteiger partial charge on any atom is -0.381 e. The Labute approximate surface area is 226 Å². The largest absolute Gasteiger partial charge is 0.381 e. The number of carbonyl (C=O) groups excluding carboxylic acids is 1. The maximum Gasteiger partial charge on any atom is 0.228 e. The summed E-state index contributed by atoms with van der Waals surface area (Å²) in [5.41, 5.74) is 2.39. The van der Waals surface area contributed by atoms with Crippen molar-refractivity contribution >= 4 is 5.78 Å². The molecule has 1 atom stereocenters. The van der Waals surface area contributed by atoms with Crippen molar-refractivity contribution in [2.45, 2.75) is 52.1 Å². The summed E-state index contributed by atoms with van der Waals surface area (Å²) in [4.78, 5) is 33.8. The van der Waals surface area contributed by atoms with Gasteiger partial charge in [-0.05, 0) is 50.6 Å². The van der Waals surface area contributed by atoms with Crippen LogP contribution < -0.4 is 0 Å². The first-order valence-corrected chi connectivity index (χ1v) is 13.3. The van der Waals surface area contributed by atoms with Gasteiger partial charge in [-0.1, -0.05) is 18.1 Å². The van der Waals surface area contributed by atoms with Crippen molar-refractivity contribution in [3.8, 4) is 22.9 Å². The summed E-state index contributed by atoms with van der Waals surface area (Å²) in [6, 6.07) is 8.47. The highest BCUT2D eigenvalue weighted by Gasteiger charge is 2.28. The Kier molecular flexibility index (Phi) is 8.48. The van der Waals surface area contributed by atoms with Crippen molar-refractivity contribution in [1.82, 2.24) is 34.6 Å². The standard InChI is InChI=1S/C28H32FN7O3/c1-3-12-35(19(2)16-25-33-28(34-39-25)22-9-8-20(29)17-31-22)18-23(37)26-27(21-7-4-5-11-30-21)36-13-6-14-38-15-10-24(36)32-26/h4-5,7-9,11,17,19H,3,6,10,12-16,18H2,1-2H3. The molecular weight excluding hydrogens is 501 g/mol. The smallest absolute Gasteiger partial charge is 0.228 e. The van der Waals surface area contributed by atoms with Gasteiger partial charge in [0, 0.05) is 38.2 Å². The molecule has 39 heavy (non-hydrogen) atoms. The lowest BCUT2D eigenvalue weighted by atomic mass is 10.1. The molecule has 0 fully saturated rings. The number of pyridine rings is 2. The predicted octanol–water partition coefficient (Wildman–Crippen LogP) is 4.02. The second kappa shape index (κ2) is 12.4. The van der Waals surface area contributed by atoms with Crippen molar-refractivity contribution in [2.75, 3.05) is 26.3 Å². The quantitative estimate of drug-likeness (QED) is 0.279. The van der Waals surface area contributed by atoms with Crippen LogP contribution >= 0.6 is 0 Å². The number of hydrogen-bond acceptors (Lipinski definition) is 9. The van der Waals surface area contributed by atoms with E-state index in [0.717, 1.165) is 42.8 Å². The van der Waals surface area contributed by atoms with Crippen LogP contribution in [-0.2, 0) is 24.1 Å². The van der Waals surface area contributed by atoms with Crippen molar-refractivity contribution in [3.05, 3.63) is 66.0 Å². The van der Waals surface area contributed by atoms with E-state index in [2.05, 4.69) is 36.5 Å². The lowest BCUT2D eigenvalue weighted by Crippen LogP contribution is -2.39. The van der Waals surface area contributed by atoms with E-state index in [1.165, 1.54) is 12.1 Å². The van der Waals surface area contributed by atoms with Gasteiger partial charge in [0.05, 0.1) is 30.7 Å². The Balaban J connectivity index is 1.36. The zero-order valence-corrected chi connectivity index (χ0v) is 22.2. The highest BCUT2D eigenvalue weighted by atomic mass is 19.1. The van der Waals surface area contributed by atoms with Gasteiger partial charge >= 0.3 is 0 Å². The number of fused-ring (bicyclic) bond motifs is 1. The number of aromatic nitrogens is 6. The van der Waals surface area contributed by atoms with Crippen LogP contribution in [0, 0.1) is 5.82 Å². The fourth-order valence-corrected chi connectivity index (χ4v) is 4.81. The Morgan fingerprint density at radius 3 is 2.82 bits per heavy atom. The normalized spacial score (nSPS) is 14.6. The Morgan fingerprint density at radius 1 is 1.15 bits per heavy atom. The number of carbonyl (C=O) groups is 1. The molecule has 0 radical (unpaired) electrons. The first kappa shape index (κ1) is 26.8. The minimum atomic E-state index is -0.430. The first-order valence-electron chi connectivity index (χ1n) is 13.3. The summed E-state index contributed by atoms with van der Waals surface area (Å²) in [6.07, 6.45) is 5.66. The molecular formula is C28H32FN7O3. The van der Waals surface area contributed by atoms with Gasteiger partial charge in [0.1, 0.15) is 23.0 Å². The second-order valence-corrected chi connectivity index (χ2v) is 9.63. The molecule has 0 spiro atoms. The van der Waals surface area contributed by atoms with E-state index in [9.17, 15) is 9.18 Å². The molecule has 0 aromatic carbocycles. The molecule has 0 amide bonds. The number of ether oxygens (including phenoxy) is 1. The third kappa shape index (κ3) is 6.26. The van der Waals surface area contributed by atoms with E-state index in [0.29, 0.717) is 55.7 Å². The van der Waals surface area contributed by atoms with Crippen LogP contribution in [0.4, 0.5) is 4.39 Å². The van der Waals surface area contributed by atoms with Crippen molar-refractivity contribution in [1.29, 1.82) is 0 Å². The number of ketones is 1. The molecule has 11 heteroatoms. The third-order valence-electron chi connectivity index (χ3n) is 6.73. The third-order valence-corrected chi connectivity index (χ3v) is 6.73. The van der Waals surface area contributed by atoms with Crippen molar-refractivity contribution in [2.24, 2.45) is 0 Å². The highest BCUT2D eigenvalue weighted by Crippen LogP contribution is 2.26. The maximum absolute atomic E-state index is 13.8. The number of Topliss-reactive ketones (excluding diaryl/α,β-unsaturated/α-hetero) is 1. The van der Waals surface area contributed by atoms with Crippen molar-refractivity contribution in [3.63, 3.8) is 0 Å². The van der Waals surface area contributed by atoms with E-state index in [1.54, 1.807) is 6.20 Å². The highest BCUT2D eigenvalue weighted by molar-refractivity contribution is 6.01. The Hall–Kier alpha value is -3.83. The number of rotatable bonds is 10. The average molecular weight is 534 g/mol. The first-order chi connectivity index (χ1) is 19.0. The van der Waals surface area contributed by atoms with Gasteiger partial charge in [0.15, 0.2) is 5.78 Å². The molecule has 5 rings (SSSR count). The van der Waals surface area contributed by atoms with Gasteiger partial charge in [0.2, 0.25) is 11.7 Å². The molecule has 4 aromatic rings. The zero-order valence-electron chi connectivity index (χ0n) is 22.2. The Morgan fingerprint density at radius 2 is 2.05 bits per heavy atom. The van der Waals surface area contributed by atoms with Crippen LogP contribution in [0.3, 0.4) is 0 Å². The van der Waals surface area contributed by atoms with Crippen LogP contribution in [0.2, 0.25) is 0 Å². The monoisotopic (exact) mass is 533 g/mol. The molecule has 0 aliphatic carbocycles. The average Bonchev–Trinajstić information content (AvgIpc) is 3.53. The fourth-order valence-electron chi connectivity index (χ4n) is 4.81. The molecule has 0 N–H and O–H groups in total. The molecule has 0 bridgehead atoms. The van der Waals surface area contributed by atoms with Gasteiger partial charge < -0.3 is 13.8 Å². The zero-order chi connectivity index (χ0) is 27.2. The lowest BCUT2D eigenvalue weighted by Gasteiger charge is -2.27. The van der Waals surface area contributed by atoms with Gasteiger partial charge in [-0.15, -0.1) is 0 Å². The maximum atomic E-state index is 13.8. The molecule has 4 aromatic heterocycles. The molecule has 0 saturated carbocycles. The molecule has 1 aliphatic heterocycles. The molecule has 5 heterocycles. The fraction of sp³-hybridized carbons (Fsp3) is 0.429. The topological polar surface area (TPSA) is 112 Å². The summed E-state index contributed by atoms with van der Waals surface area (Å²) >= 11 is 0. The van der Waals surface area contributed by atoms with Gasteiger partial charge in [-0.2, -0.15) is 4.98 Å². The van der Waals surface area contributed by atoms with Gasteiger partial charge in [0.25, 0.3) is 0 Å². The van der Waals surface area contributed by atoms with Gasteiger partial charge in [-0.25, -0.2) is 14.4 Å². The summed E-state index contributed by atoms with van der Waals surface area (Å²) < 4.78 is 26.5. The summed E-state index contributed by atoms with van der Waals surface area (Å²) in [6.45, 7) is 7.00. The molecule has 204 valence electrons. The number of hydrogen-bond donors (Lipinski definition) is 0. The van der Waals surface area contributed by atoms with Gasteiger partial charge in [-0.3, -0.25) is 14.7 Å². The number of imidazole rings is 1. The van der Waals surface area contributed by atoms with E-state index in [-0.39, 0.29) is 18.4 Å². The molecule has 0 saturated heterocycles. The number of nitrogens with zero attached hydrogens (tertiary/aromatic N) is 7. The van der Waals surface area contributed by atoms with E-state index in [1.807, 2.05) is 25.1 Å². The minimum absolute atomic E-state index is 0.0567. The number of halogens is 1. The van der Waals surface area contributed by atoms with E-state index >= 15 is 0 Å². The van der Waals surface area contributed by atoms with Crippen LogP contribution in [0.5, 0.6) is 0 Å². The van der Waals surface area contributed by atoms with Crippen LogP contribution in [0.25, 0.3) is 22.9 Å². The van der Waals surface area contributed by atoms with E-state index < -0.39 is 5.82 Å². The molecule has 1 aliphatic rings. The summed E-state index contributed by atoms with van der Waals surface area (Å²) in [5.74, 6) is 1.09. The Bertz CT molecular complexity index is 1390. The van der Waals surface area contributed by atoms with Crippen LogP contribution in [0.1, 0.15) is 48.9 Å². The summed E-state index contributed by atoms with van der Waals surface area (Å²) in [7, 11) is 0. The van der Waals surface area contributed by atoms with Crippen LogP contribution in [-0.4, -0.2) is 72.7 Å². The SMILES string of the molecule is CCCN(CC(=O)c1nc2n(c1-c1ccccn1)CCCOCC2)C(C)Cc1nc(-c2ccc(F)cn2)no1. The lowest BCUT2D eigenvalue weighted by molar-refractivity contribution is 0.0889. The molecule has 10 nitrogen and oxygen atoms in total. The van der Waals surface area contributed by atoms with Crippen molar-refractivity contribution < 1.29 is 18.4 Å². The van der Waals surface area contributed by atoms with E-state index in [4.69, 9.17) is 14.2 Å². The van der Waals surface area contributed by atoms with Crippen LogP contribution in [0.15, 0.2) is 47.2 Å². The molecule has 1 unspecified atom stereocenters. The summed E-state index contributed by atoms with van der Waals surface area (Å²) in [5, 5.41) is 3.99. The predicted molar refractivity (Wildman–Crippen MR) is 141 cm³/mol. The second-order valence-electron chi connectivity index (χ2n) is 9.63.